The van der Waals surface area contributed by atoms with Crippen LogP contribution in [-0.4, -0.2) is 29.8 Å². The Morgan fingerprint density at radius 1 is 1.23 bits per heavy atom. The molecular weight excluding hydrogens is 165 g/mol. The van der Waals surface area contributed by atoms with E-state index in [1.807, 2.05) is 0 Å². The predicted molar refractivity (Wildman–Crippen MR) is 54.5 cm³/mol. The van der Waals surface area contributed by atoms with Crippen LogP contribution in [0.25, 0.3) is 0 Å². The van der Waals surface area contributed by atoms with E-state index in [-0.39, 0.29) is 0 Å². The van der Waals surface area contributed by atoms with Gasteiger partial charge in [-0.05, 0) is 32.1 Å². The van der Waals surface area contributed by atoms with Crippen LogP contribution in [0.4, 0.5) is 0 Å². The Balaban J connectivity index is 1.92. The van der Waals surface area contributed by atoms with Crippen molar-refractivity contribution in [2.45, 2.75) is 50.9 Å². The second kappa shape index (κ2) is 6.41. The van der Waals surface area contributed by atoms with Gasteiger partial charge in [0.25, 0.3) is 0 Å². The van der Waals surface area contributed by atoms with Crippen molar-refractivity contribution in [3.8, 4) is 0 Å². The molecule has 76 valence electrons. The molecule has 1 rings (SSSR count). The van der Waals surface area contributed by atoms with Gasteiger partial charge in [-0.2, -0.15) is 0 Å². The van der Waals surface area contributed by atoms with E-state index in [4.69, 9.17) is 10.0 Å². The third kappa shape index (κ3) is 5.29. The van der Waals surface area contributed by atoms with Crippen LogP contribution >= 0.6 is 0 Å². The van der Waals surface area contributed by atoms with Gasteiger partial charge in [-0.15, -0.1) is 0 Å². The first-order valence-electron chi connectivity index (χ1n) is 5.38. The zero-order chi connectivity index (χ0) is 9.52. The number of nitrogens with one attached hydrogen (secondary N) is 1. The van der Waals surface area contributed by atoms with Crippen molar-refractivity contribution in [2.24, 2.45) is 0 Å². The van der Waals surface area contributed by atoms with Gasteiger partial charge >= 0.3 is 7.12 Å². The third-order valence-electron chi connectivity index (χ3n) is 2.68. The van der Waals surface area contributed by atoms with E-state index >= 15 is 0 Å². The molecule has 3 N–H and O–H groups in total. The van der Waals surface area contributed by atoms with Crippen LogP contribution in [0.3, 0.4) is 0 Å². The molecule has 0 aliphatic carbocycles. The van der Waals surface area contributed by atoms with Gasteiger partial charge in [-0.1, -0.05) is 19.3 Å². The molecule has 1 fully saturated rings. The maximum Gasteiger partial charge on any atom is 0.451 e. The normalized spacial score (nSPS) is 23.1. The Bertz CT molecular complexity index is 127. The standard InChI is InChI=1S/C9H20BNO2/c12-10(13)7-3-1-5-9-6-2-4-8-11-9/h9,11-13H,1-8H2. The largest absolute Gasteiger partial charge is 0.451 e. The average molecular weight is 185 g/mol. The lowest BCUT2D eigenvalue weighted by Crippen LogP contribution is -2.33. The summed E-state index contributed by atoms with van der Waals surface area (Å²) in [5.74, 6) is 0. The van der Waals surface area contributed by atoms with Crippen LogP contribution in [-0.2, 0) is 0 Å². The quantitative estimate of drug-likeness (QED) is 0.438. The molecule has 0 aromatic carbocycles. The molecule has 0 spiro atoms. The highest BCUT2D eigenvalue weighted by atomic mass is 16.4. The predicted octanol–water partition coefficient (Wildman–Crippen LogP) is 0.772. The van der Waals surface area contributed by atoms with Crippen LogP contribution < -0.4 is 5.32 Å². The summed E-state index contributed by atoms with van der Waals surface area (Å²) in [6.45, 7) is 1.16. The van der Waals surface area contributed by atoms with Crippen molar-refractivity contribution < 1.29 is 10.0 Å². The molecular formula is C9H20BNO2. The molecule has 4 heteroatoms. The number of rotatable bonds is 5. The first-order chi connectivity index (χ1) is 6.29. The van der Waals surface area contributed by atoms with Crippen LogP contribution in [0.2, 0.25) is 6.32 Å². The molecule has 0 radical (unpaired) electrons. The first kappa shape index (κ1) is 11.0. The van der Waals surface area contributed by atoms with E-state index in [1.54, 1.807) is 0 Å². The molecule has 1 heterocycles. The summed E-state index contributed by atoms with van der Waals surface area (Å²) in [5.41, 5.74) is 0. The Kier molecular flexibility index (Phi) is 5.43. The summed E-state index contributed by atoms with van der Waals surface area (Å²) >= 11 is 0. The molecule has 0 aromatic heterocycles. The van der Waals surface area contributed by atoms with Gasteiger partial charge in [-0.25, -0.2) is 0 Å². The highest BCUT2D eigenvalue weighted by molar-refractivity contribution is 6.40. The minimum atomic E-state index is -1.11. The summed E-state index contributed by atoms with van der Waals surface area (Å²) in [6.07, 6.45) is 7.69. The zero-order valence-corrected chi connectivity index (χ0v) is 8.21. The van der Waals surface area contributed by atoms with Gasteiger partial charge < -0.3 is 15.4 Å². The summed E-state index contributed by atoms with van der Waals surface area (Å²) in [6, 6.07) is 0.685. The molecule has 1 unspecified atom stereocenters. The third-order valence-corrected chi connectivity index (χ3v) is 2.68. The van der Waals surface area contributed by atoms with Gasteiger partial charge in [0.05, 0.1) is 0 Å². The van der Waals surface area contributed by atoms with E-state index in [1.165, 1.54) is 25.7 Å². The molecule has 1 atom stereocenters. The van der Waals surface area contributed by atoms with E-state index in [2.05, 4.69) is 5.32 Å². The summed E-state index contributed by atoms with van der Waals surface area (Å²) in [4.78, 5) is 0. The fraction of sp³-hybridized carbons (Fsp3) is 1.00. The van der Waals surface area contributed by atoms with E-state index in [0.29, 0.717) is 12.4 Å². The van der Waals surface area contributed by atoms with Crippen molar-refractivity contribution in [2.75, 3.05) is 6.54 Å². The highest BCUT2D eigenvalue weighted by Gasteiger charge is 2.12. The average Bonchev–Trinajstić information content (AvgIpc) is 2.14. The van der Waals surface area contributed by atoms with Gasteiger partial charge in [0.1, 0.15) is 0 Å². The van der Waals surface area contributed by atoms with Gasteiger partial charge in [-0.3, -0.25) is 0 Å². The van der Waals surface area contributed by atoms with E-state index < -0.39 is 7.12 Å². The Labute approximate surface area is 80.7 Å². The second-order valence-corrected chi connectivity index (χ2v) is 3.91. The van der Waals surface area contributed by atoms with Crippen LogP contribution in [0.5, 0.6) is 0 Å². The van der Waals surface area contributed by atoms with Gasteiger partial charge in [0.2, 0.25) is 0 Å². The molecule has 13 heavy (non-hydrogen) atoms. The Hall–Kier alpha value is -0.0551. The number of hydrogen-bond acceptors (Lipinski definition) is 3. The maximum absolute atomic E-state index is 8.63. The Morgan fingerprint density at radius 3 is 2.69 bits per heavy atom. The fourth-order valence-electron chi connectivity index (χ4n) is 1.89. The van der Waals surface area contributed by atoms with Crippen molar-refractivity contribution in [1.29, 1.82) is 0 Å². The number of hydrogen-bond donors (Lipinski definition) is 3. The first-order valence-corrected chi connectivity index (χ1v) is 5.38. The van der Waals surface area contributed by atoms with Crippen LogP contribution in [0.15, 0.2) is 0 Å². The van der Waals surface area contributed by atoms with Crippen LogP contribution in [0.1, 0.15) is 38.5 Å². The van der Waals surface area contributed by atoms with E-state index in [9.17, 15) is 0 Å². The molecule has 0 aromatic rings. The summed E-state index contributed by atoms with van der Waals surface area (Å²) in [7, 11) is -1.11. The summed E-state index contributed by atoms with van der Waals surface area (Å²) in [5, 5.41) is 20.7. The molecule has 1 saturated heterocycles. The van der Waals surface area contributed by atoms with Crippen LogP contribution in [0, 0.1) is 0 Å². The lowest BCUT2D eigenvalue weighted by Gasteiger charge is -2.23. The van der Waals surface area contributed by atoms with E-state index in [0.717, 1.165) is 19.4 Å². The minimum Gasteiger partial charge on any atom is -0.427 e. The SMILES string of the molecule is OB(O)CCCCC1CCCCN1. The molecule has 0 saturated carbocycles. The molecule has 0 bridgehead atoms. The molecule has 0 amide bonds. The number of unbranched alkanes of at least 4 members (excludes halogenated alkanes) is 1. The van der Waals surface area contributed by atoms with Crippen molar-refractivity contribution >= 4 is 7.12 Å². The van der Waals surface area contributed by atoms with Crippen molar-refractivity contribution in [3.63, 3.8) is 0 Å². The van der Waals surface area contributed by atoms with Gasteiger partial charge in [0.15, 0.2) is 0 Å². The second-order valence-electron chi connectivity index (χ2n) is 3.91. The Morgan fingerprint density at radius 2 is 2.08 bits per heavy atom. The van der Waals surface area contributed by atoms with Crippen molar-refractivity contribution in [1.82, 2.24) is 5.32 Å². The number of piperidine rings is 1. The van der Waals surface area contributed by atoms with Crippen molar-refractivity contribution in [3.05, 3.63) is 0 Å². The van der Waals surface area contributed by atoms with Gasteiger partial charge in [0, 0.05) is 6.04 Å². The minimum absolute atomic E-state index is 0.521. The lowest BCUT2D eigenvalue weighted by molar-refractivity contribution is 0.368. The smallest absolute Gasteiger partial charge is 0.427 e. The molecule has 3 nitrogen and oxygen atoms in total. The monoisotopic (exact) mass is 185 g/mol. The topological polar surface area (TPSA) is 52.5 Å². The summed E-state index contributed by atoms with van der Waals surface area (Å²) < 4.78 is 0. The highest BCUT2D eigenvalue weighted by Crippen LogP contribution is 2.13. The molecule has 1 aliphatic heterocycles. The lowest BCUT2D eigenvalue weighted by atomic mass is 9.83. The fourth-order valence-corrected chi connectivity index (χ4v) is 1.89. The molecule has 1 aliphatic rings. The zero-order valence-electron chi connectivity index (χ0n) is 8.21. The maximum atomic E-state index is 8.63.